The number of hydrogen-bond acceptors (Lipinski definition) is 2. The van der Waals surface area contributed by atoms with Gasteiger partial charge >= 0.3 is 0 Å². The predicted octanol–water partition coefficient (Wildman–Crippen LogP) is 1.75. The standard InChI is InChI=1S/C11H15NO2/c1-4-12-11(13)9-6-5-7-10(14-3)8(9)2/h5-7H,4H2,1-3H3,(H,12,13). The van der Waals surface area contributed by atoms with Crippen LogP contribution in [-0.4, -0.2) is 19.6 Å². The Kier molecular flexibility index (Phi) is 3.51. The number of carbonyl (C=O) groups is 1. The second kappa shape index (κ2) is 4.65. The first-order valence-corrected chi connectivity index (χ1v) is 4.62. The Labute approximate surface area is 84.1 Å². The van der Waals surface area contributed by atoms with E-state index in [9.17, 15) is 4.79 Å². The molecule has 0 unspecified atom stereocenters. The van der Waals surface area contributed by atoms with Gasteiger partial charge in [-0.2, -0.15) is 0 Å². The Hall–Kier alpha value is -1.51. The summed E-state index contributed by atoms with van der Waals surface area (Å²) in [7, 11) is 1.60. The maximum absolute atomic E-state index is 11.6. The number of nitrogens with one attached hydrogen (secondary N) is 1. The smallest absolute Gasteiger partial charge is 0.251 e. The maximum Gasteiger partial charge on any atom is 0.251 e. The molecule has 1 amide bonds. The Balaban J connectivity index is 3.03. The minimum absolute atomic E-state index is 0.0519. The van der Waals surface area contributed by atoms with E-state index in [1.54, 1.807) is 13.2 Å². The highest BCUT2D eigenvalue weighted by Gasteiger charge is 2.10. The van der Waals surface area contributed by atoms with E-state index in [0.29, 0.717) is 12.1 Å². The predicted molar refractivity (Wildman–Crippen MR) is 55.7 cm³/mol. The van der Waals surface area contributed by atoms with Crippen molar-refractivity contribution in [2.24, 2.45) is 0 Å². The normalized spacial score (nSPS) is 9.64. The summed E-state index contributed by atoms with van der Waals surface area (Å²) < 4.78 is 5.13. The lowest BCUT2D eigenvalue weighted by atomic mass is 10.1. The highest BCUT2D eigenvalue weighted by atomic mass is 16.5. The summed E-state index contributed by atoms with van der Waals surface area (Å²) in [5.74, 6) is 0.692. The third-order valence-electron chi connectivity index (χ3n) is 2.09. The molecule has 1 N–H and O–H groups in total. The van der Waals surface area contributed by atoms with Crippen LogP contribution in [0.25, 0.3) is 0 Å². The number of hydrogen-bond donors (Lipinski definition) is 1. The second-order valence-electron chi connectivity index (χ2n) is 2.99. The van der Waals surface area contributed by atoms with Crippen LogP contribution in [0.5, 0.6) is 5.75 Å². The third-order valence-corrected chi connectivity index (χ3v) is 2.09. The molecule has 0 heterocycles. The van der Waals surface area contributed by atoms with E-state index in [0.717, 1.165) is 11.3 Å². The van der Waals surface area contributed by atoms with E-state index in [1.807, 2.05) is 26.0 Å². The van der Waals surface area contributed by atoms with Crippen molar-refractivity contribution in [3.63, 3.8) is 0 Å². The molecule has 0 aliphatic heterocycles. The molecule has 0 aromatic heterocycles. The molecule has 3 heteroatoms. The summed E-state index contributed by atoms with van der Waals surface area (Å²) in [6, 6.07) is 5.46. The number of carbonyl (C=O) groups excluding carboxylic acids is 1. The number of ether oxygens (including phenoxy) is 1. The van der Waals surface area contributed by atoms with E-state index in [4.69, 9.17) is 4.74 Å². The largest absolute Gasteiger partial charge is 0.496 e. The lowest BCUT2D eigenvalue weighted by Gasteiger charge is -2.09. The lowest BCUT2D eigenvalue weighted by Crippen LogP contribution is -2.23. The van der Waals surface area contributed by atoms with E-state index in [1.165, 1.54) is 0 Å². The Morgan fingerprint density at radius 2 is 2.21 bits per heavy atom. The zero-order chi connectivity index (χ0) is 10.6. The van der Waals surface area contributed by atoms with Gasteiger partial charge in [-0.3, -0.25) is 4.79 Å². The van der Waals surface area contributed by atoms with Gasteiger partial charge in [0, 0.05) is 17.7 Å². The molecule has 0 aliphatic carbocycles. The number of amides is 1. The number of methoxy groups -OCH3 is 1. The summed E-state index contributed by atoms with van der Waals surface area (Å²) in [6.07, 6.45) is 0. The van der Waals surface area contributed by atoms with Crippen LogP contribution in [0.1, 0.15) is 22.8 Å². The van der Waals surface area contributed by atoms with Gasteiger partial charge in [-0.15, -0.1) is 0 Å². The van der Waals surface area contributed by atoms with Crippen LogP contribution in [0, 0.1) is 6.92 Å². The molecule has 3 nitrogen and oxygen atoms in total. The van der Waals surface area contributed by atoms with Crippen LogP contribution in [0.4, 0.5) is 0 Å². The highest BCUT2D eigenvalue weighted by Crippen LogP contribution is 2.20. The van der Waals surface area contributed by atoms with Crippen molar-refractivity contribution in [1.29, 1.82) is 0 Å². The van der Waals surface area contributed by atoms with Crippen molar-refractivity contribution >= 4 is 5.91 Å². The summed E-state index contributed by atoms with van der Waals surface area (Å²) in [6.45, 7) is 4.41. The van der Waals surface area contributed by atoms with Crippen molar-refractivity contribution in [2.75, 3.05) is 13.7 Å². The first-order chi connectivity index (χ1) is 6.70. The van der Waals surface area contributed by atoms with Crippen molar-refractivity contribution < 1.29 is 9.53 Å². The molecule has 1 aromatic rings. The molecule has 1 rings (SSSR count). The summed E-state index contributed by atoms with van der Waals surface area (Å²) in [5, 5.41) is 2.76. The van der Waals surface area contributed by atoms with Crippen LogP contribution in [0.2, 0.25) is 0 Å². The van der Waals surface area contributed by atoms with Gasteiger partial charge in [-0.25, -0.2) is 0 Å². The van der Waals surface area contributed by atoms with E-state index < -0.39 is 0 Å². The number of benzene rings is 1. The molecule has 0 radical (unpaired) electrons. The average molecular weight is 193 g/mol. The van der Waals surface area contributed by atoms with Crippen LogP contribution in [-0.2, 0) is 0 Å². The minimum Gasteiger partial charge on any atom is -0.496 e. The molecule has 0 fully saturated rings. The molecule has 0 saturated carbocycles. The van der Waals surface area contributed by atoms with E-state index in [-0.39, 0.29) is 5.91 Å². The van der Waals surface area contributed by atoms with Gasteiger partial charge in [0.15, 0.2) is 0 Å². The van der Waals surface area contributed by atoms with Crippen molar-refractivity contribution in [2.45, 2.75) is 13.8 Å². The second-order valence-corrected chi connectivity index (χ2v) is 2.99. The molecule has 0 saturated heterocycles. The first kappa shape index (κ1) is 10.6. The fourth-order valence-electron chi connectivity index (χ4n) is 1.34. The third kappa shape index (κ3) is 2.05. The molecular formula is C11H15NO2. The van der Waals surface area contributed by atoms with Crippen LogP contribution in [0.15, 0.2) is 18.2 Å². The van der Waals surface area contributed by atoms with Gasteiger partial charge in [0.25, 0.3) is 5.91 Å². The molecule has 1 aromatic carbocycles. The van der Waals surface area contributed by atoms with Gasteiger partial charge in [0.05, 0.1) is 7.11 Å². The fourth-order valence-corrected chi connectivity index (χ4v) is 1.34. The lowest BCUT2D eigenvalue weighted by molar-refractivity contribution is 0.0955. The molecule has 76 valence electrons. The van der Waals surface area contributed by atoms with E-state index >= 15 is 0 Å². The zero-order valence-electron chi connectivity index (χ0n) is 8.76. The van der Waals surface area contributed by atoms with Crippen molar-refractivity contribution in [3.05, 3.63) is 29.3 Å². The highest BCUT2D eigenvalue weighted by molar-refractivity contribution is 5.96. The van der Waals surface area contributed by atoms with Gasteiger partial charge in [-0.1, -0.05) is 6.07 Å². The van der Waals surface area contributed by atoms with Crippen molar-refractivity contribution in [3.8, 4) is 5.75 Å². The van der Waals surface area contributed by atoms with Gasteiger partial charge in [0.1, 0.15) is 5.75 Å². The monoisotopic (exact) mass is 193 g/mol. The topological polar surface area (TPSA) is 38.3 Å². The summed E-state index contributed by atoms with van der Waals surface area (Å²) in [4.78, 5) is 11.6. The Morgan fingerprint density at radius 3 is 2.79 bits per heavy atom. The molecule has 0 atom stereocenters. The maximum atomic E-state index is 11.6. The number of rotatable bonds is 3. The molecule has 0 bridgehead atoms. The van der Waals surface area contributed by atoms with Crippen LogP contribution < -0.4 is 10.1 Å². The van der Waals surface area contributed by atoms with E-state index in [2.05, 4.69) is 5.32 Å². The Morgan fingerprint density at radius 1 is 1.50 bits per heavy atom. The van der Waals surface area contributed by atoms with Gasteiger partial charge in [-0.05, 0) is 26.0 Å². The van der Waals surface area contributed by atoms with Gasteiger partial charge < -0.3 is 10.1 Å². The molecule has 0 aliphatic rings. The van der Waals surface area contributed by atoms with Gasteiger partial charge in [0.2, 0.25) is 0 Å². The van der Waals surface area contributed by atoms with Crippen LogP contribution in [0.3, 0.4) is 0 Å². The molecule has 14 heavy (non-hydrogen) atoms. The fraction of sp³-hybridized carbons (Fsp3) is 0.364. The average Bonchev–Trinajstić information content (AvgIpc) is 2.18. The first-order valence-electron chi connectivity index (χ1n) is 4.62. The van der Waals surface area contributed by atoms with Crippen LogP contribution >= 0.6 is 0 Å². The Bertz CT molecular complexity index is 334. The summed E-state index contributed by atoms with van der Waals surface area (Å²) in [5.41, 5.74) is 1.55. The SMILES string of the molecule is CCNC(=O)c1cccc(OC)c1C. The summed E-state index contributed by atoms with van der Waals surface area (Å²) >= 11 is 0. The molecular weight excluding hydrogens is 178 g/mol. The van der Waals surface area contributed by atoms with Crippen molar-refractivity contribution in [1.82, 2.24) is 5.32 Å². The quantitative estimate of drug-likeness (QED) is 0.794. The molecule has 0 spiro atoms. The minimum atomic E-state index is -0.0519. The zero-order valence-corrected chi connectivity index (χ0v) is 8.76.